The predicted molar refractivity (Wildman–Crippen MR) is 136 cm³/mol. The Labute approximate surface area is 219 Å². The number of carbonyl (C=O) groups excluding carboxylic acids is 2. The number of ether oxygens (including phenoxy) is 5. The van der Waals surface area contributed by atoms with Gasteiger partial charge in [-0.05, 0) is 47.5 Å². The Bertz CT molecular complexity index is 1390. The Hall–Kier alpha value is -4.73. The number of benzene rings is 2. The molecule has 38 heavy (non-hydrogen) atoms. The van der Waals surface area contributed by atoms with Gasteiger partial charge in [0.1, 0.15) is 19.0 Å². The predicted octanol–water partition coefficient (Wildman–Crippen LogP) is 3.50. The van der Waals surface area contributed by atoms with E-state index in [1.54, 1.807) is 54.9 Å². The number of aliphatic hydroxyl groups is 1. The molecule has 1 N–H and O–H groups in total. The number of aromatic nitrogens is 1. The molecule has 3 heterocycles. The molecule has 1 saturated heterocycles. The van der Waals surface area contributed by atoms with Gasteiger partial charge in [0, 0.05) is 24.5 Å². The summed E-state index contributed by atoms with van der Waals surface area (Å²) in [4.78, 5) is 32.4. The van der Waals surface area contributed by atoms with Gasteiger partial charge in [-0.15, -0.1) is 0 Å². The van der Waals surface area contributed by atoms with Gasteiger partial charge >= 0.3 is 0 Å². The number of likely N-dealkylation sites (tertiary alicyclic amines) is 1. The highest BCUT2D eigenvalue weighted by Crippen LogP contribution is 2.46. The molecule has 0 unspecified atom stereocenters. The molecular formula is C28H26N2O8. The van der Waals surface area contributed by atoms with Crippen LogP contribution in [0.2, 0.25) is 0 Å². The highest BCUT2D eigenvalue weighted by Gasteiger charge is 2.46. The summed E-state index contributed by atoms with van der Waals surface area (Å²) in [5, 5.41) is 11.5. The van der Waals surface area contributed by atoms with E-state index < -0.39 is 17.7 Å². The van der Waals surface area contributed by atoms with Crippen molar-refractivity contribution in [3.05, 3.63) is 77.1 Å². The van der Waals surface area contributed by atoms with Crippen molar-refractivity contribution in [3.8, 4) is 28.7 Å². The maximum atomic E-state index is 13.5. The first-order valence-corrected chi connectivity index (χ1v) is 11.8. The molecule has 10 nitrogen and oxygen atoms in total. The number of hydrogen-bond acceptors (Lipinski definition) is 9. The summed E-state index contributed by atoms with van der Waals surface area (Å²) in [5.74, 6) is 0.0933. The molecule has 1 amide bonds. The van der Waals surface area contributed by atoms with E-state index in [0.29, 0.717) is 58.7 Å². The van der Waals surface area contributed by atoms with Crippen molar-refractivity contribution < 1.29 is 38.4 Å². The molecule has 196 valence electrons. The van der Waals surface area contributed by atoms with E-state index >= 15 is 0 Å². The van der Waals surface area contributed by atoms with Crippen LogP contribution >= 0.6 is 0 Å². The smallest absolute Gasteiger partial charge is 0.295 e. The van der Waals surface area contributed by atoms with Crippen LogP contribution in [-0.4, -0.2) is 61.2 Å². The van der Waals surface area contributed by atoms with E-state index in [1.165, 1.54) is 26.2 Å². The average molecular weight is 519 g/mol. The molecule has 0 radical (unpaired) electrons. The number of amides is 1. The lowest BCUT2D eigenvalue weighted by molar-refractivity contribution is -0.140. The third-order valence-electron chi connectivity index (χ3n) is 6.43. The maximum absolute atomic E-state index is 13.5. The number of Topliss-reactive ketones (excluding diaryl/α,β-unsaturated/α-hetero) is 1. The summed E-state index contributed by atoms with van der Waals surface area (Å²) < 4.78 is 27.7. The van der Waals surface area contributed by atoms with Gasteiger partial charge in [0.2, 0.25) is 5.75 Å². The third-order valence-corrected chi connectivity index (χ3v) is 6.43. The molecule has 1 fully saturated rings. The lowest BCUT2D eigenvalue weighted by Crippen LogP contribution is -2.29. The van der Waals surface area contributed by atoms with E-state index in [0.717, 1.165) is 0 Å². The van der Waals surface area contributed by atoms with Crippen LogP contribution in [-0.2, 0) is 16.1 Å². The minimum atomic E-state index is -0.961. The van der Waals surface area contributed by atoms with Gasteiger partial charge in [0.15, 0.2) is 23.0 Å². The molecule has 0 bridgehead atoms. The Morgan fingerprint density at radius 2 is 1.71 bits per heavy atom. The minimum absolute atomic E-state index is 0.0789. The summed E-state index contributed by atoms with van der Waals surface area (Å²) in [7, 11) is 4.43. The molecule has 2 aliphatic heterocycles. The Morgan fingerprint density at radius 3 is 2.34 bits per heavy atom. The summed E-state index contributed by atoms with van der Waals surface area (Å²) in [6.07, 6.45) is 3.24. The topological polar surface area (TPSA) is 117 Å². The molecule has 10 heteroatoms. The van der Waals surface area contributed by atoms with Crippen LogP contribution in [0.5, 0.6) is 28.7 Å². The van der Waals surface area contributed by atoms with E-state index in [9.17, 15) is 14.7 Å². The van der Waals surface area contributed by atoms with Gasteiger partial charge in [0.05, 0.1) is 32.9 Å². The quantitative estimate of drug-likeness (QED) is 0.285. The second kappa shape index (κ2) is 10.3. The van der Waals surface area contributed by atoms with E-state index in [1.807, 2.05) is 0 Å². The normalized spacial score (nSPS) is 17.9. The Kier molecular flexibility index (Phi) is 6.78. The van der Waals surface area contributed by atoms with Crippen molar-refractivity contribution in [2.24, 2.45) is 0 Å². The molecule has 5 rings (SSSR count). The monoisotopic (exact) mass is 518 g/mol. The average Bonchev–Trinajstić information content (AvgIpc) is 3.21. The molecule has 1 atom stereocenters. The standard InChI is InChI=1S/C28H26N2O8/c1-34-21-12-18(13-22(35-2)27(21)36-3)24-23(25(31)17-6-7-19-20(11-17)38-10-9-37-19)26(32)28(33)30(24)15-16-5-4-8-29-14-16/h4-8,11-14,24,31H,9-10,15H2,1-3H3/t24-/m1/s1. The van der Waals surface area contributed by atoms with Crippen LogP contribution in [0.25, 0.3) is 5.76 Å². The fourth-order valence-corrected chi connectivity index (χ4v) is 4.68. The number of rotatable bonds is 7. The highest BCUT2D eigenvalue weighted by atomic mass is 16.6. The molecule has 0 saturated carbocycles. The molecule has 0 spiro atoms. The zero-order chi connectivity index (χ0) is 26.8. The van der Waals surface area contributed by atoms with E-state index in [4.69, 9.17) is 23.7 Å². The second-order valence-electron chi connectivity index (χ2n) is 8.61. The maximum Gasteiger partial charge on any atom is 0.295 e. The summed E-state index contributed by atoms with van der Waals surface area (Å²) in [6.45, 7) is 0.856. The highest BCUT2D eigenvalue weighted by molar-refractivity contribution is 6.46. The molecule has 2 aromatic carbocycles. The van der Waals surface area contributed by atoms with Gasteiger partial charge < -0.3 is 33.7 Å². The molecule has 0 aliphatic carbocycles. The summed E-state index contributed by atoms with van der Waals surface area (Å²) >= 11 is 0. The van der Waals surface area contributed by atoms with Crippen molar-refractivity contribution >= 4 is 17.4 Å². The number of nitrogens with zero attached hydrogens (tertiary/aromatic N) is 2. The van der Waals surface area contributed by atoms with E-state index in [-0.39, 0.29) is 17.9 Å². The lowest BCUT2D eigenvalue weighted by Gasteiger charge is -2.26. The minimum Gasteiger partial charge on any atom is -0.507 e. The summed E-state index contributed by atoms with van der Waals surface area (Å²) in [6, 6.07) is 10.8. The fraction of sp³-hybridized carbons (Fsp3) is 0.250. The number of carbonyl (C=O) groups is 2. The second-order valence-corrected chi connectivity index (χ2v) is 8.61. The van der Waals surface area contributed by atoms with Gasteiger partial charge in [-0.25, -0.2) is 0 Å². The first-order chi connectivity index (χ1) is 18.5. The molecule has 3 aromatic rings. The molecule has 1 aromatic heterocycles. The van der Waals surface area contributed by atoms with Crippen LogP contribution in [0.1, 0.15) is 22.7 Å². The van der Waals surface area contributed by atoms with Crippen LogP contribution in [0, 0.1) is 0 Å². The van der Waals surface area contributed by atoms with Crippen molar-refractivity contribution in [1.29, 1.82) is 0 Å². The lowest BCUT2D eigenvalue weighted by atomic mass is 9.94. The van der Waals surface area contributed by atoms with Gasteiger partial charge in [-0.3, -0.25) is 14.6 Å². The number of hydrogen-bond donors (Lipinski definition) is 1. The first kappa shape index (κ1) is 24.9. The zero-order valence-electron chi connectivity index (χ0n) is 21.1. The SMILES string of the molecule is COc1cc([C@@H]2C(=C(O)c3ccc4c(c3)OCCO4)C(=O)C(=O)N2Cc2cccnc2)cc(OC)c1OC. The van der Waals surface area contributed by atoms with Crippen LogP contribution in [0.4, 0.5) is 0 Å². The molecular weight excluding hydrogens is 492 g/mol. The summed E-state index contributed by atoms with van der Waals surface area (Å²) in [5.41, 5.74) is 1.43. The van der Waals surface area contributed by atoms with Gasteiger partial charge in [-0.1, -0.05) is 6.07 Å². The number of aliphatic hydroxyl groups excluding tert-OH is 1. The number of fused-ring (bicyclic) bond motifs is 1. The van der Waals surface area contributed by atoms with E-state index in [2.05, 4.69) is 4.98 Å². The van der Waals surface area contributed by atoms with Crippen molar-refractivity contribution in [3.63, 3.8) is 0 Å². The van der Waals surface area contributed by atoms with Gasteiger partial charge in [-0.2, -0.15) is 0 Å². The number of ketones is 1. The van der Waals surface area contributed by atoms with Crippen LogP contribution < -0.4 is 23.7 Å². The van der Waals surface area contributed by atoms with Crippen molar-refractivity contribution in [2.45, 2.75) is 12.6 Å². The largest absolute Gasteiger partial charge is 0.507 e. The Morgan fingerprint density at radius 1 is 1.00 bits per heavy atom. The molecule has 2 aliphatic rings. The fourth-order valence-electron chi connectivity index (χ4n) is 4.68. The van der Waals surface area contributed by atoms with Crippen LogP contribution in [0.15, 0.2) is 60.4 Å². The van der Waals surface area contributed by atoms with Gasteiger partial charge in [0.25, 0.3) is 11.7 Å². The zero-order valence-corrected chi connectivity index (χ0v) is 21.1. The van der Waals surface area contributed by atoms with Crippen LogP contribution in [0.3, 0.4) is 0 Å². The Balaban J connectivity index is 1.70. The third kappa shape index (κ3) is 4.34. The number of methoxy groups -OCH3 is 3. The van der Waals surface area contributed by atoms with Crippen molar-refractivity contribution in [2.75, 3.05) is 34.5 Å². The number of pyridine rings is 1. The first-order valence-electron chi connectivity index (χ1n) is 11.8. The van der Waals surface area contributed by atoms with Crippen molar-refractivity contribution in [1.82, 2.24) is 9.88 Å².